The standard InChI is InChI=1S/C24H33N3O3/c1-4-5-6-7-15-30-22-13-11-19(12-14-22)26-23(28)17-25-20-9-8-10-21(16-20)27-24(29)18(2)3/h8-14,16,18,25H,4-7,15,17H2,1-3H3,(H,26,28)(H,27,29). The lowest BCUT2D eigenvalue weighted by Gasteiger charge is -2.11. The summed E-state index contributed by atoms with van der Waals surface area (Å²) in [5.41, 5.74) is 2.18. The second-order valence-corrected chi connectivity index (χ2v) is 7.56. The fourth-order valence-corrected chi connectivity index (χ4v) is 2.73. The Kier molecular flexibility index (Phi) is 9.71. The third-order valence-electron chi connectivity index (χ3n) is 4.51. The molecule has 2 aromatic rings. The third-order valence-corrected chi connectivity index (χ3v) is 4.51. The van der Waals surface area contributed by atoms with Crippen LogP contribution in [0.15, 0.2) is 48.5 Å². The smallest absolute Gasteiger partial charge is 0.243 e. The molecule has 6 nitrogen and oxygen atoms in total. The summed E-state index contributed by atoms with van der Waals surface area (Å²) >= 11 is 0. The number of carbonyl (C=O) groups is 2. The van der Waals surface area contributed by atoms with Crippen LogP contribution >= 0.6 is 0 Å². The molecule has 0 saturated carbocycles. The summed E-state index contributed by atoms with van der Waals surface area (Å²) in [6.45, 7) is 6.71. The summed E-state index contributed by atoms with van der Waals surface area (Å²) in [5, 5.41) is 8.78. The van der Waals surface area contributed by atoms with Crippen molar-refractivity contribution in [2.24, 2.45) is 5.92 Å². The van der Waals surface area contributed by atoms with Crippen molar-refractivity contribution >= 4 is 28.9 Å². The lowest BCUT2D eigenvalue weighted by atomic mass is 10.2. The number of unbranched alkanes of at least 4 members (excludes halogenated alkanes) is 3. The zero-order chi connectivity index (χ0) is 21.8. The SMILES string of the molecule is CCCCCCOc1ccc(NC(=O)CNc2cccc(NC(=O)C(C)C)c2)cc1. The van der Waals surface area contributed by atoms with Crippen LogP contribution in [0.25, 0.3) is 0 Å². The van der Waals surface area contributed by atoms with Crippen LogP contribution in [0, 0.1) is 5.92 Å². The van der Waals surface area contributed by atoms with Gasteiger partial charge in [-0.05, 0) is 48.9 Å². The molecule has 6 heteroatoms. The number of carbonyl (C=O) groups excluding carboxylic acids is 2. The monoisotopic (exact) mass is 411 g/mol. The lowest BCUT2D eigenvalue weighted by molar-refractivity contribution is -0.119. The molecule has 30 heavy (non-hydrogen) atoms. The Bertz CT molecular complexity index is 804. The highest BCUT2D eigenvalue weighted by Gasteiger charge is 2.08. The van der Waals surface area contributed by atoms with Crippen LogP contribution in [-0.2, 0) is 9.59 Å². The topological polar surface area (TPSA) is 79.5 Å². The Hall–Kier alpha value is -3.02. The first-order valence-corrected chi connectivity index (χ1v) is 10.7. The van der Waals surface area contributed by atoms with E-state index in [9.17, 15) is 9.59 Å². The summed E-state index contributed by atoms with van der Waals surface area (Å²) in [5.74, 6) is 0.520. The fourth-order valence-electron chi connectivity index (χ4n) is 2.73. The first-order valence-electron chi connectivity index (χ1n) is 10.7. The molecule has 2 amide bonds. The van der Waals surface area contributed by atoms with E-state index in [1.165, 1.54) is 19.3 Å². The number of benzene rings is 2. The second kappa shape index (κ2) is 12.5. The first-order chi connectivity index (χ1) is 14.5. The van der Waals surface area contributed by atoms with Crippen LogP contribution in [0.2, 0.25) is 0 Å². The Morgan fingerprint density at radius 2 is 1.63 bits per heavy atom. The average Bonchev–Trinajstić information content (AvgIpc) is 2.73. The van der Waals surface area contributed by atoms with Crippen LogP contribution in [0.3, 0.4) is 0 Å². The van der Waals surface area contributed by atoms with Crippen molar-refractivity contribution in [2.75, 3.05) is 29.1 Å². The van der Waals surface area contributed by atoms with Crippen LogP contribution in [-0.4, -0.2) is 25.0 Å². The molecule has 162 valence electrons. The fraction of sp³-hybridized carbons (Fsp3) is 0.417. The van der Waals surface area contributed by atoms with Crippen molar-refractivity contribution < 1.29 is 14.3 Å². The molecular weight excluding hydrogens is 378 g/mol. The zero-order valence-electron chi connectivity index (χ0n) is 18.2. The number of nitrogens with one attached hydrogen (secondary N) is 3. The maximum atomic E-state index is 12.2. The van der Waals surface area contributed by atoms with E-state index < -0.39 is 0 Å². The van der Waals surface area contributed by atoms with E-state index >= 15 is 0 Å². The highest BCUT2D eigenvalue weighted by molar-refractivity contribution is 5.94. The number of hydrogen-bond acceptors (Lipinski definition) is 4. The Labute approximate surface area is 179 Å². The molecule has 0 radical (unpaired) electrons. The van der Waals surface area contributed by atoms with Gasteiger partial charge in [-0.1, -0.05) is 46.1 Å². The van der Waals surface area contributed by atoms with Crippen LogP contribution in [0.1, 0.15) is 46.5 Å². The zero-order valence-corrected chi connectivity index (χ0v) is 18.2. The maximum Gasteiger partial charge on any atom is 0.243 e. The summed E-state index contributed by atoms with van der Waals surface area (Å²) in [6.07, 6.45) is 4.69. The van der Waals surface area contributed by atoms with Gasteiger partial charge in [-0.3, -0.25) is 9.59 Å². The molecule has 0 bridgehead atoms. The molecule has 3 N–H and O–H groups in total. The van der Waals surface area contributed by atoms with Crippen LogP contribution in [0.4, 0.5) is 17.1 Å². The predicted octanol–water partition coefficient (Wildman–Crippen LogP) is 5.29. The number of ether oxygens (including phenoxy) is 1. The molecule has 2 aromatic carbocycles. The summed E-state index contributed by atoms with van der Waals surface area (Å²) in [4.78, 5) is 24.0. The molecule has 0 heterocycles. The van der Waals surface area contributed by atoms with Crippen molar-refractivity contribution in [2.45, 2.75) is 46.5 Å². The van der Waals surface area contributed by atoms with E-state index in [1.807, 2.05) is 56.3 Å². The molecule has 0 atom stereocenters. The van der Waals surface area contributed by atoms with Gasteiger partial charge in [0, 0.05) is 23.0 Å². The molecule has 0 aliphatic rings. The molecule has 0 aliphatic carbocycles. The third kappa shape index (κ3) is 8.55. The van der Waals surface area contributed by atoms with E-state index in [2.05, 4.69) is 22.9 Å². The van der Waals surface area contributed by atoms with Crippen LogP contribution < -0.4 is 20.7 Å². The van der Waals surface area contributed by atoms with Crippen molar-refractivity contribution in [3.05, 3.63) is 48.5 Å². The number of hydrogen-bond donors (Lipinski definition) is 3. The van der Waals surface area contributed by atoms with Gasteiger partial charge in [0.05, 0.1) is 13.2 Å². The highest BCUT2D eigenvalue weighted by Crippen LogP contribution is 2.17. The van der Waals surface area contributed by atoms with Crippen molar-refractivity contribution in [3.63, 3.8) is 0 Å². The van der Waals surface area contributed by atoms with Gasteiger partial charge < -0.3 is 20.7 Å². The molecular formula is C24H33N3O3. The first kappa shape index (κ1) is 23.3. The normalized spacial score (nSPS) is 10.5. The summed E-state index contributed by atoms with van der Waals surface area (Å²) in [7, 11) is 0. The molecule has 2 rings (SSSR count). The number of anilines is 3. The van der Waals surface area contributed by atoms with Gasteiger partial charge in [0.1, 0.15) is 5.75 Å². The Morgan fingerprint density at radius 1 is 0.900 bits per heavy atom. The van der Waals surface area contributed by atoms with Gasteiger partial charge in [0.2, 0.25) is 11.8 Å². The van der Waals surface area contributed by atoms with Crippen molar-refractivity contribution in [3.8, 4) is 5.75 Å². The van der Waals surface area contributed by atoms with Crippen molar-refractivity contribution in [1.82, 2.24) is 0 Å². The van der Waals surface area contributed by atoms with Gasteiger partial charge in [-0.25, -0.2) is 0 Å². The van der Waals surface area contributed by atoms with Gasteiger partial charge in [-0.15, -0.1) is 0 Å². The molecule has 0 fully saturated rings. The number of amides is 2. The highest BCUT2D eigenvalue weighted by atomic mass is 16.5. The summed E-state index contributed by atoms with van der Waals surface area (Å²) in [6, 6.07) is 14.7. The lowest BCUT2D eigenvalue weighted by Crippen LogP contribution is -2.22. The average molecular weight is 412 g/mol. The number of rotatable bonds is 12. The molecule has 0 aromatic heterocycles. The van der Waals surface area contributed by atoms with Gasteiger partial charge in [-0.2, -0.15) is 0 Å². The minimum absolute atomic E-state index is 0.0433. The van der Waals surface area contributed by atoms with E-state index in [1.54, 1.807) is 6.07 Å². The minimum atomic E-state index is -0.153. The van der Waals surface area contributed by atoms with E-state index in [4.69, 9.17) is 4.74 Å². The maximum absolute atomic E-state index is 12.2. The van der Waals surface area contributed by atoms with Gasteiger partial charge in [0.15, 0.2) is 0 Å². The van der Waals surface area contributed by atoms with E-state index in [0.29, 0.717) is 12.3 Å². The van der Waals surface area contributed by atoms with Crippen molar-refractivity contribution in [1.29, 1.82) is 0 Å². The molecule has 0 unspecified atom stereocenters. The van der Waals surface area contributed by atoms with Gasteiger partial charge in [0.25, 0.3) is 0 Å². The Morgan fingerprint density at radius 3 is 2.33 bits per heavy atom. The minimum Gasteiger partial charge on any atom is -0.494 e. The van der Waals surface area contributed by atoms with E-state index in [-0.39, 0.29) is 24.3 Å². The molecule has 0 aliphatic heterocycles. The molecule has 0 saturated heterocycles. The Balaban J connectivity index is 1.76. The van der Waals surface area contributed by atoms with Gasteiger partial charge >= 0.3 is 0 Å². The quantitative estimate of drug-likeness (QED) is 0.415. The predicted molar refractivity (Wildman–Crippen MR) is 123 cm³/mol. The van der Waals surface area contributed by atoms with E-state index in [0.717, 1.165) is 23.5 Å². The second-order valence-electron chi connectivity index (χ2n) is 7.56. The van der Waals surface area contributed by atoms with Crippen LogP contribution in [0.5, 0.6) is 5.75 Å². The largest absolute Gasteiger partial charge is 0.494 e. The summed E-state index contributed by atoms with van der Waals surface area (Å²) < 4.78 is 5.72. The molecule has 0 spiro atoms.